The minimum atomic E-state index is -1.02. The van der Waals surface area contributed by atoms with Crippen molar-refractivity contribution in [2.45, 2.75) is 16.9 Å². The van der Waals surface area contributed by atoms with Gasteiger partial charge in [-0.2, -0.15) is 0 Å². The smallest absolute Gasteiger partial charge is 0.305 e. The highest BCUT2D eigenvalue weighted by molar-refractivity contribution is 8.01. The van der Waals surface area contributed by atoms with Crippen molar-refractivity contribution in [1.82, 2.24) is 0 Å². The second kappa shape index (κ2) is 7.05. The maximum Gasteiger partial charge on any atom is 0.305 e. The molecule has 4 nitrogen and oxygen atoms in total. The summed E-state index contributed by atoms with van der Waals surface area (Å²) >= 11 is 13.7. The molecule has 0 aromatic heterocycles. The lowest BCUT2D eigenvalue weighted by molar-refractivity contribution is -0.138. The number of carbonyl (C=O) groups excluding carboxylic acids is 1. The first-order valence-corrected chi connectivity index (χ1v) is 8.87. The van der Waals surface area contributed by atoms with E-state index in [-0.39, 0.29) is 17.6 Å². The lowest BCUT2D eigenvalue weighted by Crippen LogP contribution is -2.26. The van der Waals surface area contributed by atoms with Crippen molar-refractivity contribution in [3.05, 3.63) is 63.6 Å². The molecule has 2 aromatic carbocycles. The average Bonchev–Trinajstić information content (AvgIpc) is 2.65. The number of nitrogens with one attached hydrogen (secondary N) is 1. The Morgan fingerprint density at radius 3 is 2.62 bits per heavy atom. The fourth-order valence-electron chi connectivity index (χ4n) is 2.60. The maximum absolute atomic E-state index is 12.4. The quantitative estimate of drug-likeness (QED) is 0.814. The molecule has 2 atom stereocenters. The van der Waals surface area contributed by atoms with Gasteiger partial charge < -0.3 is 10.4 Å². The highest BCUT2D eigenvalue weighted by atomic mass is 35.5. The summed E-state index contributed by atoms with van der Waals surface area (Å²) < 4.78 is 0. The van der Waals surface area contributed by atoms with E-state index in [1.54, 1.807) is 24.3 Å². The lowest BCUT2D eigenvalue weighted by Gasteiger charge is -2.20. The number of carbonyl (C=O) groups is 2. The molecule has 1 heterocycles. The predicted molar refractivity (Wildman–Crippen MR) is 97.0 cm³/mol. The van der Waals surface area contributed by atoms with Crippen molar-refractivity contribution < 1.29 is 14.7 Å². The average molecular weight is 382 g/mol. The molecule has 0 saturated heterocycles. The Kier molecular flexibility index (Phi) is 5.04. The largest absolute Gasteiger partial charge is 0.481 e. The van der Waals surface area contributed by atoms with Crippen LogP contribution in [-0.4, -0.2) is 22.2 Å². The number of rotatable bonds is 3. The third-order valence-electron chi connectivity index (χ3n) is 3.69. The fourth-order valence-corrected chi connectivity index (χ4v) is 4.54. The van der Waals surface area contributed by atoms with Gasteiger partial charge in [-0.3, -0.25) is 9.59 Å². The van der Waals surface area contributed by atoms with E-state index in [1.807, 2.05) is 18.2 Å². The molecular weight excluding hydrogens is 369 g/mol. The van der Waals surface area contributed by atoms with Gasteiger partial charge in [-0.1, -0.05) is 41.4 Å². The zero-order valence-electron chi connectivity index (χ0n) is 12.3. The molecule has 0 saturated carbocycles. The summed E-state index contributed by atoms with van der Waals surface area (Å²) in [5.74, 6) is -1.36. The number of benzene rings is 2. The molecule has 1 amide bonds. The number of hydrogen-bond acceptors (Lipinski definition) is 3. The van der Waals surface area contributed by atoms with Crippen LogP contribution >= 0.6 is 35.0 Å². The second-order valence-electron chi connectivity index (χ2n) is 5.34. The standard InChI is InChI=1S/C17H13Cl2NO3S/c18-9-5-6-13-11(7-9)16(10-3-1-2-4-12(10)19)24-14(8-15(21)22)17(23)20-13/h1-7,14,16H,8H2,(H,20,23)(H,21,22). The summed E-state index contributed by atoms with van der Waals surface area (Å²) in [6.45, 7) is 0. The number of thioether (sulfide) groups is 1. The van der Waals surface area contributed by atoms with Gasteiger partial charge in [-0.15, -0.1) is 11.8 Å². The normalized spacial score (nSPS) is 20.0. The van der Waals surface area contributed by atoms with E-state index in [1.165, 1.54) is 11.8 Å². The fraction of sp³-hybridized carbons (Fsp3) is 0.176. The van der Waals surface area contributed by atoms with Crippen LogP contribution in [0.2, 0.25) is 10.0 Å². The van der Waals surface area contributed by atoms with Gasteiger partial charge in [0.2, 0.25) is 5.91 Å². The third-order valence-corrected chi connectivity index (χ3v) is 5.76. The summed E-state index contributed by atoms with van der Waals surface area (Å²) in [4.78, 5) is 23.5. The van der Waals surface area contributed by atoms with Crippen molar-refractivity contribution in [3.63, 3.8) is 0 Å². The number of hydrogen-bond donors (Lipinski definition) is 2. The van der Waals surface area contributed by atoms with E-state index in [0.717, 1.165) is 11.1 Å². The van der Waals surface area contributed by atoms with Crippen molar-refractivity contribution in [3.8, 4) is 0 Å². The zero-order valence-corrected chi connectivity index (χ0v) is 14.7. The molecule has 24 heavy (non-hydrogen) atoms. The van der Waals surface area contributed by atoms with Crippen LogP contribution in [0.15, 0.2) is 42.5 Å². The van der Waals surface area contributed by atoms with Crippen molar-refractivity contribution in [2.24, 2.45) is 0 Å². The number of fused-ring (bicyclic) bond motifs is 1. The summed E-state index contributed by atoms with van der Waals surface area (Å²) in [6.07, 6.45) is -0.265. The molecule has 2 aromatic rings. The summed E-state index contributed by atoms with van der Waals surface area (Å²) in [7, 11) is 0. The van der Waals surface area contributed by atoms with E-state index >= 15 is 0 Å². The van der Waals surface area contributed by atoms with Crippen LogP contribution in [0.4, 0.5) is 5.69 Å². The lowest BCUT2D eigenvalue weighted by atomic mass is 10.0. The minimum Gasteiger partial charge on any atom is -0.481 e. The highest BCUT2D eigenvalue weighted by Crippen LogP contribution is 2.47. The second-order valence-corrected chi connectivity index (χ2v) is 7.50. The zero-order chi connectivity index (χ0) is 17.3. The number of anilines is 1. The van der Waals surface area contributed by atoms with Crippen LogP contribution in [0.3, 0.4) is 0 Å². The van der Waals surface area contributed by atoms with Crippen LogP contribution in [0.5, 0.6) is 0 Å². The Labute approximate surface area is 153 Å². The first-order valence-electron chi connectivity index (χ1n) is 7.17. The molecular formula is C17H13Cl2NO3S. The first kappa shape index (κ1) is 17.1. The van der Waals surface area contributed by atoms with Gasteiger partial charge in [0.15, 0.2) is 0 Å². The van der Waals surface area contributed by atoms with Gasteiger partial charge in [-0.05, 0) is 35.4 Å². The molecule has 1 aliphatic heterocycles. The van der Waals surface area contributed by atoms with Gasteiger partial charge >= 0.3 is 5.97 Å². The summed E-state index contributed by atoms with van der Waals surface area (Å²) in [6, 6.07) is 12.5. The van der Waals surface area contributed by atoms with E-state index in [4.69, 9.17) is 28.3 Å². The van der Waals surface area contributed by atoms with Crippen molar-refractivity contribution in [2.75, 3.05) is 5.32 Å². The molecule has 124 valence electrons. The van der Waals surface area contributed by atoms with Crippen LogP contribution in [-0.2, 0) is 9.59 Å². The summed E-state index contributed by atoms with van der Waals surface area (Å²) in [5, 5.41) is 12.0. The molecule has 0 aliphatic carbocycles. The molecule has 2 N–H and O–H groups in total. The Morgan fingerprint density at radius 1 is 1.17 bits per heavy atom. The van der Waals surface area contributed by atoms with E-state index in [2.05, 4.69) is 5.32 Å². The van der Waals surface area contributed by atoms with Crippen LogP contribution in [0.25, 0.3) is 0 Å². The van der Waals surface area contributed by atoms with Crippen LogP contribution in [0.1, 0.15) is 22.8 Å². The molecule has 7 heteroatoms. The summed E-state index contributed by atoms with van der Waals surface area (Å²) in [5.41, 5.74) is 2.25. The van der Waals surface area contributed by atoms with Gasteiger partial charge in [0.25, 0.3) is 0 Å². The van der Waals surface area contributed by atoms with Crippen molar-refractivity contribution in [1.29, 1.82) is 0 Å². The number of halogens is 2. The molecule has 0 bridgehead atoms. The molecule has 0 fully saturated rings. The van der Waals surface area contributed by atoms with Crippen LogP contribution < -0.4 is 5.32 Å². The van der Waals surface area contributed by atoms with Gasteiger partial charge in [0.05, 0.1) is 16.9 Å². The highest BCUT2D eigenvalue weighted by Gasteiger charge is 2.33. The van der Waals surface area contributed by atoms with Crippen LogP contribution in [0, 0.1) is 0 Å². The topological polar surface area (TPSA) is 66.4 Å². The Morgan fingerprint density at radius 2 is 1.92 bits per heavy atom. The number of carboxylic acid groups (broad SMARTS) is 1. The minimum absolute atomic E-state index is 0.265. The van der Waals surface area contributed by atoms with E-state index in [9.17, 15) is 9.59 Å². The molecule has 0 spiro atoms. The van der Waals surface area contributed by atoms with E-state index < -0.39 is 11.2 Å². The molecule has 3 rings (SSSR count). The Balaban J connectivity index is 2.12. The van der Waals surface area contributed by atoms with Gasteiger partial charge in [0, 0.05) is 15.7 Å². The maximum atomic E-state index is 12.4. The van der Waals surface area contributed by atoms with Gasteiger partial charge in [-0.25, -0.2) is 0 Å². The number of amides is 1. The molecule has 1 aliphatic rings. The van der Waals surface area contributed by atoms with Crippen molar-refractivity contribution >= 4 is 52.5 Å². The molecule has 2 unspecified atom stereocenters. The Hall–Kier alpha value is -1.69. The third kappa shape index (κ3) is 3.53. The van der Waals surface area contributed by atoms with E-state index in [0.29, 0.717) is 15.7 Å². The predicted octanol–water partition coefficient (Wildman–Crippen LogP) is 4.61. The SMILES string of the molecule is O=C(O)CC1SC(c2ccccc2Cl)c2cc(Cl)ccc2NC1=O. The number of carboxylic acids is 1. The molecule has 0 radical (unpaired) electrons. The number of aliphatic carboxylic acids is 1. The monoisotopic (exact) mass is 381 g/mol. The Bertz CT molecular complexity index is 812. The first-order chi connectivity index (χ1) is 11.5. The van der Waals surface area contributed by atoms with Gasteiger partial charge in [0.1, 0.15) is 0 Å².